The normalized spacial score (nSPS) is 28.2. The fourth-order valence-corrected chi connectivity index (χ4v) is 2.23. The standard InChI is InChI=1S/C13H17N3O/c1-16(2)11-5-3-4-10(15-11)8-14-12(17)13-6-9(13)7-13/h3-5,9H,6-8H2,1-2H3,(H,14,17). The Hall–Kier alpha value is -1.58. The zero-order valence-electron chi connectivity index (χ0n) is 10.2. The number of rotatable bonds is 4. The number of fused-ring (bicyclic) bond motifs is 1. The van der Waals surface area contributed by atoms with Gasteiger partial charge in [-0.05, 0) is 30.9 Å². The van der Waals surface area contributed by atoms with Crippen LogP contribution >= 0.6 is 0 Å². The van der Waals surface area contributed by atoms with Gasteiger partial charge in [0.15, 0.2) is 0 Å². The molecule has 0 aliphatic heterocycles. The first-order valence-electron chi connectivity index (χ1n) is 6.03. The van der Waals surface area contributed by atoms with Crippen molar-refractivity contribution in [2.24, 2.45) is 11.3 Å². The van der Waals surface area contributed by atoms with E-state index in [2.05, 4.69) is 10.3 Å². The Morgan fingerprint density at radius 2 is 2.24 bits per heavy atom. The molecule has 2 fully saturated rings. The van der Waals surface area contributed by atoms with Crippen molar-refractivity contribution in [3.8, 4) is 0 Å². The average Bonchev–Trinajstić information content (AvgIpc) is 3.14. The molecule has 1 N–H and O–H groups in total. The highest BCUT2D eigenvalue weighted by Crippen LogP contribution is 2.75. The van der Waals surface area contributed by atoms with E-state index < -0.39 is 0 Å². The van der Waals surface area contributed by atoms with Crippen LogP contribution in [0, 0.1) is 11.3 Å². The molecule has 2 aliphatic carbocycles. The Morgan fingerprint density at radius 1 is 1.53 bits per heavy atom. The lowest BCUT2D eigenvalue weighted by Gasteiger charge is -2.12. The minimum atomic E-state index is 0.0547. The number of nitrogens with one attached hydrogen (secondary N) is 1. The van der Waals surface area contributed by atoms with E-state index in [0.717, 1.165) is 24.4 Å². The van der Waals surface area contributed by atoms with E-state index in [9.17, 15) is 4.79 Å². The second-order valence-corrected chi connectivity index (χ2v) is 5.33. The van der Waals surface area contributed by atoms with E-state index in [0.29, 0.717) is 12.5 Å². The predicted octanol–water partition coefficient (Wildman–Crippen LogP) is 1.17. The van der Waals surface area contributed by atoms with Crippen LogP contribution in [0.2, 0.25) is 0 Å². The van der Waals surface area contributed by atoms with Crippen molar-refractivity contribution in [2.45, 2.75) is 19.4 Å². The molecule has 0 aromatic carbocycles. The molecular weight excluding hydrogens is 214 g/mol. The SMILES string of the molecule is CN(C)c1cccc(CNC(=O)C23CC2C3)n1. The van der Waals surface area contributed by atoms with Gasteiger partial charge in [0.05, 0.1) is 17.7 Å². The third-order valence-corrected chi connectivity index (χ3v) is 3.82. The molecule has 0 spiro atoms. The van der Waals surface area contributed by atoms with Crippen molar-refractivity contribution in [1.29, 1.82) is 0 Å². The molecule has 17 heavy (non-hydrogen) atoms. The van der Waals surface area contributed by atoms with Crippen molar-refractivity contribution in [2.75, 3.05) is 19.0 Å². The molecule has 0 radical (unpaired) electrons. The lowest BCUT2D eigenvalue weighted by molar-refractivity contribution is -0.124. The topological polar surface area (TPSA) is 45.2 Å². The largest absolute Gasteiger partial charge is 0.363 e. The predicted molar refractivity (Wildman–Crippen MR) is 65.6 cm³/mol. The van der Waals surface area contributed by atoms with Crippen LogP contribution in [-0.4, -0.2) is 25.0 Å². The van der Waals surface area contributed by atoms with E-state index >= 15 is 0 Å². The lowest BCUT2D eigenvalue weighted by Crippen LogP contribution is -2.27. The summed E-state index contributed by atoms with van der Waals surface area (Å²) in [4.78, 5) is 18.2. The number of hydrogen-bond acceptors (Lipinski definition) is 3. The molecule has 4 nitrogen and oxygen atoms in total. The number of anilines is 1. The zero-order valence-corrected chi connectivity index (χ0v) is 10.2. The number of aromatic nitrogens is 1. The Bertz CT molecular complexity index is 463. The summed E-state index contributed by atoms with van der Waals surface area (Å²) in [6.07, 6.45) is 2.20. The van der Waals surface area contributed by atoms with E-state index in [1.165, 1.54) is 0 Å². The molecule has 0 atom stereocenters. The van der Waals surface area contributed by atoms with Gasteiger partial charge < -0.3 is 10.2 Å². The molecule has 1 aromatic heterocycles. The molecule has 90 valence electrons. The number of hydrogen-bond donors (Lipinski definition) is 1. The summed E-state index contributed by atoms with van der Waals surface area (Å²) >= 11 is 0. The van der Waals surface area contributed by atoms with Gasteiger partial charge in [-0.15, -0.1) is 0 Å². The Morgan fingerprint density at radius 3 is 2.82 bits per heavy atom. The van der Waals surface area contributed by atoms with Gasteiger partial charge in [0.1, 0.15) is 5.82 Å². The minimum absolute atomic E-state index is 0.0547. The first kappa shape index (κ1) is 10.6. The molecule has 1 amide bonds. The second-order valence-electron chi connectivity index (χ2n) is 5.33. The summed E-state index contributed by atoms with van der Waals surface area (Å²) in [5.41, 5.74) is 0.970. The Kier molecular flexibility index (Phi) is 2.15. The smallest absolute Gasteiger partial charge is 0.226 e. The van der Waals surface area contributed by atoms with E-state index in [4.69, 9.17) is 0 Å². The molecule has 0 bridgehead atoms. The van der Waals surface area contributed by atoms with Crippen LogP contribution in [0.1, 0.15) is 18.5 Å². The molecule has 3 rings (SSSR count). The number of carbonyl (C=O) groups is 1. The summed E-state index contributed by atoms with van der Waals surface area (Å²) in [6, 6.07) is 5.88. The van der Waals surface area contributed by atoms with Crippen molar-refractivity contribution in [1.82, 2.24) is 10.3 Å². The van der Waals surface area contributed by atoms with Crippen molar-refractivity contribution < 1.29 is 4.79 Å². The fourth-order valence-electron chi connectivity index (χ4n) is 2.23. The quantitative estimate of drug-likeness (QED) is 0.846. The van der Waals surface area contributed by atoms with E-state index in [1.54, 1.807) is 0 Å². The van der Waals surface area contributed by atoms with Gasteiger partial charge in [-0.2, -0.15) is 0 Å². The summed E-state index contributed by atoms with van der Waals surface area (Å²) in [5.74, 6) is 1.84. The minimum Gasteiger partial charge on any atom is -0.363 e. The van der Waals surface area contributed by atoms with Crippen LogP contribution < -0.4 is 10.2 Å². The van der Waals surface area contributed by atoms with Crippen LogP contribution in [0.15, 0.2) is 18.2 Å². The van der Waals surface area contributed by atoms with Gasteiger partial charge in [0, 0.05) is 14.1 Å². The Balaban J connectivity index is 1.60. The van der Waals surface area contributed by atoms with Gasteiger partial charge in [0.2, 0.25) is 5.91 Å². The Labute approximate surface area is 101 Å². The first-order valence-corrected chi connectivity index (χ1v) is 6.03. The highest BCUT2D eigenvalue weighted by atomic mass is 16.2. The van der Waals surface area contributed by atoms with Gasteiger partial charge in [-0.25, -0.2) is 4.98 Å². The maximum absolute atomic E-state index is 11.8. The molecule has 1 aromatic rings. The highest BCUT2D eigenvalue weighted by molar-refractivity contribution is 5.89. The fraction of sp³-hybridized carbons (Fsp3) is 0.538. The lowest BCUT2D eigenvalue weighted by atomic mass is 10.2. The number of carbonyl (C=O) groups excluding carboxylic acids is 1. The third-order valence-electron chi connectivity index (χ3n) is 3.82. The molecule has 0 saturated heterocycles. The number of pyridine rings is 1. The van der Waals surface area contributed by atoms with Crippen LogP contribution in [0.25, 0.3) is 0 Å². The molecule has 4 heteroatoms. The molecule has 2 aliphatic rings. The molecule has 2 saturated carbocycles. The van der Waals surface area contributed by atoms with Gasteiger partial charge in [-0.1, -0.05) is 6.07 Å². The van der Waals surface area contributed by atoms with Gasteiger partial charge in [0.25, 0.3) is 0 Å². The number of nitrogens with zero attached hydrogens (tertiary/aromatic N) is 2. The second kappa shape index (κ2) is 3.45. The molecule has 0 unspecified atom stereocenters. The summed E-state index contributed by atoms with van der Waals surface area (Å²) in [6.45, 7) is 0.537. The number of amides is 1. The van der Waals surface area contributed by atoms with Crippen LogP contribution in [0.3, 0.4) is 0 Å². The molecular formula is C13H17N3O. The third kappa shape index (κ3) is 1.77. The van der Waals surface area contributed by atoms with Gasteiger partial charge >= 0.3 is 0 Å². The van der Waals surface area contributed by atoms with Crippen molar-refractivity contribution >= 4 is 11.7 Å². The first-order chi connectivity index (χ1) is 8.12. The van der Waals surface area contributed by atoms with Crippen molar-refractivity contribution in [3.63, 3.8) is 0 Å². The average molecular weight is 231 g/mol. The van der Waals surface area contributed by atoms with E-state index in [-0.39, 0.29) is 11.3 Å². The van der Waals surface area contributed by atoms with Crippen LogP contribution in [-0.2, 0) is 11.3 Å². The van der Waals surface area contributed by atoms with E-state index in [1.807, 2.05) is 37.2 Å². The van der Waals surface area contributed by atoms with Crippen LogP contribution in [0.5, 0.6) is 0 Å². The zero-order chi connectivity index (χ0) is 12.0. The maximum atomic E-state index is 11.8. The summed E-state index contributed by atoms with van der Waals surface area (Å²) in [7, 11) is 3.92. The summed E-state index contributed by atoms with van der Waals surface area (Å²) in [5, 5.41) is 2.99. The monoisotopic (exact) mass is 231 g/mol. The van der Waals surface area contributed by atoms with Gasteiger partial charge in [-0.3, -0.25) is 4.79 Å². The van der Waals surface area contributed by atoms with Crippen molar-refractivity contribution in [3.05, 3.63) is 23.9 Å². The van der Waals surface area contributed by atoms with Crippen LogP contribution in [0.4, 0.5) is 5.82 Å². The summed E-state index contributed by atoms with van der Waals surface area (Å²) < 4.78 is 0. The molecule has 1 heterocycles. The highest BCUT2D eigenvalue weighted by Gasteiger charge is 2.74. The maximum Gasteiger partial charge on any atom is 0.226 e.